The molecule has 3 heterocycles. The first kappa shape index (κ1) is 19.4. The van der Waals surface area contributed by atoms with Crippen molar-refractivity contribution in [3.8, 4) is 17.0 Å². The number of aliphatic hydroxyl groups excluding tert-OH is 1. The zero-order chi connectivity index (χ0) is 20.5. The lowest BCUT2D eigenvalue weighted by atomic mass is 9.99. The van der Waals surface area contributed by atoms with Gasteiger partial charge in [0.15, 0.2) is 0 Å². The Balaban J connectivity index is 1.93. The van der Waals surface area contributed by atoms with E-state index in [1.807, 2.05) is 16.8 Å². The lowest BCUT2D eigenvalue weighted by Crippen LogP contribution is -2.09. The predicted octanol–water partition coefficient (Wildman–Crippen LogP) is 4.82. The van der Waals surface area contributed by atoms with Crippen molar-refractivity contribution in [3.63, 3.8) is 0 Å². The number of aromatic nitrogens is 2. The van der Waals surface area contributed by atoms with E-state index < -0.39 is 12.1 Å². The third-order valence-corrected chi connectivity index (χ3v) is 5.62. The van der Waals surface area contributed by atoms with Crippen LogP contribution in [0.4, 0.5) is 0 Å². The van der Waals surface area contributed by atoms with Crippen molar-refractivity contribution in [2.75, 3.05) is 14.2 Å². The van der Waals surface area contributed by atoms with Gasteiger partial charge in [-0.3, -0.25) is 0 Å². The van der Waals surface area contributed by atoms with E-state index in [4.69, 9.17) is 21.1 Å². The zero-order valence-corrected chi connectivity index (χ0v) is 17.2. The Hall–Kier alpha value is -2.87. The van der Waals surface area contributed by atoms with Crippen LogP contribution in [-0.2, 0) is 4.74 Å². The molecule has 0 bridgehead atoms. The first-order chi connectivity index (χ1) is 14.0. The summed E-state index contributed by atoms with van der Waals surface area (Å²) in [6.07, 6.45) is -1.09. The number of carbonyl (C=O) groups excluding carboxylic acids is 1. The second-order valence-corrected chi connectivity index (χ2v) is 7.49. The predicted molar refractivity (Wildman–Crippen MR) is 113 cm³/mol. The number of H-pyrrole nitrogens is 1. The molecule has 0 spiro atoms. The molecular weight excluding hydrogens is 412 g/mol. The van der Waals surface area contributed by atoms with Crippen molar-refractivity contribution in [1.29, 1.82) is 0 Å². The van der Waals surface area contributed by atoms with Crippen LogP contribution < -0.4 is 4.74 Å². The molecule has 4 aromatic rings. The number of nitrogens with zero attached hydrogens (tertiary/aromatic N) is 1. The molecule has 0 saturated carbocycles. The fourth-order valence-electron chi connectivity index (χ4n) is 3.26. The number of hydrogen-bond donors (Lipinski definition) is 2. The number of aromatic amines is 1. The molecule has 0 aliphatic rings. The summed E-state index contributed by atoms with van der Waals surface area (Å²) in [5.41, 5.74) is 3.53. The van der Waals surface area contributed by atoms with Gasteiger partial charge in [0.25, 0.3) is 0 Å². The minimum Gasteiger partial charge on any atom is -0.495 e. The molecule has 148 valence electrons. The zero-order valence-electron chi connectivity index (χ0n) is 15.6. The number of hydrogen-bond acceptors (Lipinski definition) is 6. The lowest BCUT2D eigenvalue weighted by molar-refractivity contribution is 0.0593. The van der Waals surface area contributed by atoms with Gasteiger partial charge in [0.1, 0.15) is 17.5 Å². The number of nitrogens with one attached hydrogen (secondary N) is 1. The summed E-state index contributed by atoms with van der Waals surface area (Å²) in [5.74, 6) is -0.0655. The molecule has 2 N–H and O–H groups in total. The van der Waals surface area contributed by atoms with Gasteiger partial charge in [-0.2, -0.15) is 11.3 Å². The van der Waals surface area contributed by atoms with Crippen LogP contribution in [0.3, 0.4) is 0 Å². The summed E-state index contributed by atoms with van der Waals surface area (Å²) in [5, 5.41) is 16.4. The van der Waals surface area contributed by atoms with E-state index in [2.05, 4.69) is 9.97 Å². The van der Waals surface area contributed by atoms with E-state index in [-0.39, 0.29) is 5.69 Å². The van der Waals surface area contributed by atoms with Gasteiger partial charge in [-0.25, -0.2) is 9.78 Å². The average Bonchev–Trinajstić information content (AvgIpc) is 3.39. The highest BCUT2D eigenvalue weighted by Crippen LogP contribution is 2.41. The molecule has 29 heavy (non-hydrogen) atoms. The van der Waals surface area contributed by atoms with Crippen LogP contribution in [0.1, 0.15) is 27.8 Å². The summed E-state index contributed by atoms with van der Waals surface area (Å²) in [6, 6.07) is 10.4. The van der Waals surface area contributed by atoms with Gasteiger partial charge >= 0.3 is 5.97 Å². The molecule has 1 aromatic carbocycles. The summed E-state index contributed by atoms with van der Waals surface area (Å²) in [4.78, 5) is 19.5. The number of halogens is 1. The maximum absolute atomic E-state index is 11.9. The van der Waals surface area contributed by atoms with Crippen molar-refractivity contribution in [2.45, 2.75) is 6.10 Å². The summed E-state index contributed by atoms with van der Waals surface area (Å²) in [6.45, 7) is 0. The Morgan fingerprint density at radius 1 is 1.28 bits per heavy atom. The lowest BCUT2D eigenvalue weighted by Gasteiger charge is -2.13. The molecule has 1 atom stereocenters. The molecular formula is C21H17ClN2O4S. The van der Waals surface area contributed by atoms with E-state index in [1.54, 1.807) is 41.7 Å². The van der Waals surface area contributed by atoms with E-state index in [1.165, 1.54) is 14.2 Å². The SMILES string of the molecule is COC(=O)c1cccc(C(O)c2c(-c3ccsc3)[nH]c3cc(Cl)c(OC)cc23)n1. The topological polar surface area (TPSA) is 84.4 Å². The molecule has 8 heteroatoms. The highest BCUT2D eigenvalue weighted by Gasteiger charge is 2.24. The third-order valence-electron chi connectivity index (χ3n) is 4.64. The van der Waals surface area contributed by atoms with E-state index >= 15 is 0 Å². The standard InChI is InChI=1S/C21H17ClN2O4S/c1-27-17-8-12-16(9-13(17)22)24-19(11-6-7-29-10-11)18(12)20(25)14-4-3-5-15(23-14)21(26)28-2/h3-10,20,24-25H,1-2H3. The summed E-state index contributed by atoms with van der Waals surface area (Å²) < 4.78 is 10.1. The largest absolute Gasteiger partial charge is 0.495 e. The number of carbonyl (C=O) groups is 1. The van der Waals surface area contributed by atoms with Crippen LogP contribution in [0, 0.1) is 0 Å². The highest BCUT2D eigenvalue weighted by molar-refractivity contribution is 7.08. The Kier molecular flexibility index (Phi) is 5.27. The number of esters is 1. The Labute approximate surface area is 175 Å². The second-order valence-electron chi connectivity index (χ2n) is 6.30. The Bertz CT molecular complexity index is 1190. The number of methoxy groups -OCH3 is 2. The van der Waals surface area contributed by atoms with Gasteiger partial charge in [0.05, 0.1) is 30.6 Å². The first-order valence-electron chi connectivity index (χ1n) is 8.68. The van der Waals surface area contributed by atoms with Gasteiger partial charge in [-0.15, -0.1) is 0 Å². The third kappa shape index (κ3) is 3.48. The molecule has 0 aliphatic carbocycles. The molecule has 0 amide bonds. The molecule has 0 saturated heterocycles. The monoisotopic (exact) mass is 428 g/mol. The van der Waals surface area contributed by atoms with Crippen molar-refractivity contribution >= 4 is 39.8 Å². The molecule has 0 aliphatic heterocycles. The van der Waals surface area contributed by atoms with Crippen molar-refractivity contribution < 1.29 is 19.4 Å². The summed E-state index contributed by atoms with van der Waals surface area (Å²) >= 11 is 7.84. The second kappa shape index (κ2) is 7.87. The van der Waals surface area contributed by atoms with Gasteiger partial charge in [-0.05, 0) is 35.7 Å². The molecule has 1 unspecified atom stereocenters. The average molecular weight is 429 g/mol. The van der Waals surface area contributed by atoms with Gasteiger partial charge < -0.3 is 19.6 Å². The summed E-state index contributed by atoms with van der Waals surface area (Å²) in [7, 11) is 2.83. The maximum Gasteiger partial charge on any atom is 0.356 e. The number of thiophene rings is 1. The normalized spacial score (nSPS) is 12.1. The number of fused-ring (bicyclic) bond motifs is 1. The van der Waals surface area contributed by atoms with Crippen LogP contribution in [0.15, 0.2) is 47.2 Å². The van der Waals surface area contributed by atoms with Crippen molar-refractivity contribution in [2.24, 2.45) is 0 Å². The number of rotatable bonds is 5. The minimum atomic E-state index is -1.09. The molecule has 4 rings (SSSR count). The highest BCUT2D eigenvalue weighted by atomic mass is 35.5. The molecule has 0 fully saturated rings. The molecule has 0 radical (unpaired) electrons. The van der Waals surface area contributed by atoms with Crippen molar-refractivity contribution in [1.82, 2.24) is 9.97 Å². The molecule has 6 nitrogen and oxygen atoms in total. The maximum atomic E-state index is 11.9. The Morgan fingerprint density at radius 2 is 2.10 bits per heavy atom. The Morgan fingerprint density at radius 3 is 2.79 bits per heavy atom. The number of pyridine rings is 1. The fourth-order valence-corrected chi connectivity index (χ4v) is 4.15. The van der Waals surface area contributed by atoms with Crippen LogP contribution in [0.2, 0.25) is 5.02 Å². The smallest absolute Gasteiger partial charge is 0.356 e. The quantitative estimate of drug-likeness (QED) is 0.445. The van der Waals surface area contributed by atoms with Crippen LogP contribution in [0.25, 0.3) is 22.2 Å². The van der Waals surface area contributed by atoms with Gasteiger partial charge in [0.2, 0.25) is 0 Å². The number of benzene rings is 1. The number of ether oxygens (including phenoxy) is 2. The van der Waals surface area contributed by atoms with Crippen LogP contribution in [0.5, 0.6) is 5.75 Å². The van der Waals surface area contributed by atoms with Crippen molar-refractivity contribution in [3.05, 3.63) is 69.1 Å². The van der Waals surface area contributed by atoms with E-state index in [9.17, 15) is 9.90 Å². The van der Waals surface area contributed by atoms with Crippen LogP contribution >= 0.6 is 22.9 Å². The van der Waals surface area contributed by atoms with Crippen LogP contribution in [-0.4, -0.2) is 35.3 Å². The van der Waals surface area contributed by atoms with Gasteiger partial charge in [0, 0.05) is 27.4 Å². The number of aliphatic hydroxyl groups is 1. The minimum absolute atomic E-state index is 0.126. The molecule has 3 aromatic heterocycles. The first-order valence-corrected chi connectivity index (χ1v) is 10.0. The fraction of sp³-hybridized carbons (Fsp3) is 0.143. The van der Waals surface area contributed by atoms with E-state index in [0.29, 0.717) is 22.0 Å². The van der Waals surface area contributed by atoms with E-state index in [0.717, 1.165) is 22.2 Å². The van der Waals surface area contributed by atoms with Gasteiger partial charge in [-0.1, -0.05) is 17.7 Å².